The number of piperidine rings is 1. The number of hydrogen-bond acceptors (Lipinski definition) is 6. The average molecular weight is 427 g/mol. The van der Waals surface area contributed by atoms with E-state index >= 15 is 0 Å². The minimum Gasteiger partial charge on any atom is -0.497 e. The van der Waals surface area contributed by atoms with Crippen LogP contribution in [0.2, 0.25) is 0 Å². The van der Waals surface area contributed by atoms with Gasteiger partial charge in [-0.1, -0.05) is 18.2 Å². The number of carbonyl (C=O) groups is 1. The van der Waals surface area contributed by atoms with Crippen molar-refractivity contribution in [1.82, 2.24) is 4.90 Å². The molecule has 2 aromatic carbocycles. The summed E-state index contributed by atoms with van der Waals surface area (Å²) in [7, 11) is 1.63. The normalized spacial score (nSPS) is 23.0. The molecule has 31 heavy (non-hydrogen) atoms. The predicted molar refractivity (Wildman–Crippen MR) is 115 cm³/mol. The van der Waals surface area contributed by atoms with Crippen LogP contribution in [0.3, 0.4) is 0 Å². The van der Waals surface area contributed by atoms with Crippen molar-refractivity contribution in [3.05, 3.63) is 53.6 Å². The first-order valence-corrected chi connectivity index (χ1v) is 10.7. The summed E-state index contributed by atoms with van der Waals surface area (Å²) >= 11 is 0. The van der Waals surface area contributed by atoms with Gasteiger partial charge in [-0.05, 0) is 42.3 Å². The van der Waals surface area contributed by atoms with E-state index in [1.165, 1.54) is 0 Å². The number of carboxylic acids is 1. The Balaban J connectivity index is 1.68. The second-order valence-corrected chi connectivity index (χ2v) is 7.92. The second kappa shape index (κ2) is 9.58. The molecule has 1 fully saturated rings. The summed E-state index contributed by atoms with van der Waals surface area (Å²) in [5, 5.41) is 10.3. The molecule has 4 rings (SSSR count). The third-order valence-electron chi connectivity index (χ3n) is 6.19. The molecular formula is C24H29NO6. The molecule has 2 heterocycles. The first-order valence-electron chi connectivity index (χ1n) is 10.7. The van der Waals surface area contributed by atoms with Crippen LogP contribution in [0.4, 0.5) is 0 Å². The minimum atomic E-state index is -0.784. The van der Waals surface area contributed by atoms with E-state index in [9.17, 15) is 9.90 Å². The fourth-order valence-corrected chi connectivity index (χ4v) is 4.62. The lowest BCUT2D eigenvalue weighted by molar-refractivity contribution is -0.145. The molecule has 0 spiro atoms. The zero-order valence-electron chi connectivity index (χ0n) is 18.0. The van der Waals surface area contributed by atoms with Crippen LogP contribution in [0.25, 0.3) is 0 Å². The van der Waals surface area contributed by atoms with E-state index in [0.29, 0.717) is 37.8 Å². The smallest absolute Gasteiger partial charge is 0.307 e. The maximum atomic E-state index is 12.5. The summed E-state index contributed by atoms with van der Waals surface area (Å²) in [6.45, 7) is 5.53. The number of ether oxygens (including phenoxy) is 4. The fraction of sp³-hybridized carbons (Fsp3) is 0.458. The van der Waals surface area contributed by atoms with Crippen LogP contribution in [-0.4, -0.2) is 62.7 Å². The third kappa shape index (κ3) is 4.62. The highest BCUT2D eigenvalue weighted by molar-refractivity contribution is 5.73. The first-order chi connectivity index (χ1) is 15.1. The fourth-order valence-electron chi connectivity index (χ4n) is 4.62. The van der Waals surface area contributed by atoms with E-state index in [2.05, 4.69) is 4.90 Å². The number of likely N-dealkylation sites (tertiary alicyclic amines) is 1. The molecule has 0 aliphatic carbocycles. The molecule has 7 nitrogen and oxygen atoms in total. The molecule has 0 amide bonds. The number of carboxylic acid groups (broad SMARTS) is 1. The monoisotopic (exact) mass is 427 g/mol. The van der Waals surface area contributed by atoms with Crippen molar-refractivity contribution in [3.63, 3.8) is 0 Å². The van der Waals surface area contributed by atoms with E-state index in [0.717, 1.165) is 23.4 Å². The lowest BCUT2D eigenvalue weighted by atomic mass is 9.71. The largest absolute Gasteiger partial charge is 0.497 e. The van der Waals surface area contributed by atoms with E-state index in [1.807, 2.05) is 49.4 Å². The van der Waals surface area contributed by atoms with Crippen LogP contribution < -0.4 is 14.2 Å². The maximum Gasteiger partial charge on any atom is 0.307 e. The molecule has 1 N–H and O–H groups in total. The van der Waals surface area contributed by atoms with Crippen molar-refractivity contribution >= 4 is 5.97 Å². The number of aliphatic carboxylic acids is 1. The van der Waals surface area contributed by atoms with E-state index in [1.54, 1.807) is 7.11 Å². The summed E-state index contributed by atoms with van der Waals surface area (Å²) in [5.41, 5.74) is 1.95. The zero-order valence-corrected chi connectivity index (χ0v) is 18.0. The second-order valence-electron chi connectivity index (χ2n) is 7.92. The van der Waals surface area contributed by atoms with Gasteiger partial charge < -0.3 is 24.1 Å². The molecule has 0 radical (unpaired) electrons. The van der Waals surface area contributed by atoms with Crippen LogP contribution >= 0.6 is 0 Å². The van der Waals surface area contributed by atoms with Gasteiger partial charge in [-0.3, -0.25) is 9.69 Å². The van der Waals surface area contributed by atoms with Crippen molar-refractivity contribution in [2.24, 2.45) is 5.92 Å². The van der Waals surface area contributed by atoms with Gasteiger partial charge >= 0.3 is 5.97 Å². The Morgan fingerprint density at radius 2 is 1.74 bits per heavy atom. The van der Waals surface area contributed by atoms with E-state index in [4.69, 9.17) is 18.9 Å². The van der Waals surface area contributed by atoms with Gasteiger partial charge in [-0.2, -0.15) is 0 Å². The van der Waals surface area contributed by atoms with Gasteiger partial charge in [0.2, 0.25) is 6.79 Å². The molecule has 2 unspecified atom stereocenters. The number of hydrogen-bond donors (Lipinski definition) is 1. The average Bonchev–Trinajstić information content (AvgIpc) is 3.26. The molecule has 2 aliphatic heterocycles. The predicted octanol–water partition coefficient (Wildman–Crippen LogP) is 3.34. The van der Waals surface area contributed by atoms with Gasteiger partial charge in [0.05, 0.1) is 19.6 Å². The molecule has 7 heteroatoms. The van der Waals surface area contributed by atoms with Gasteiger partial charge in [-0.25, -0.2) is 0 Å². The van der Waals surface area contributed by atoms with Crippen LogP contribution in [0.1, 0.15) is 29.9 Å². The Bertz CT molecular complexity index is 899. The number of methoxy groups -OCH3 is 1. The van der Waals surface area contributed by atoms with Crippen molar-refractivity contribution in [2.75, 3.05) is 46.8 Å². The van der Waals surface area contributed by atoms with Gasteiger partial charge in [0.1, 0.15) is 5.75 Å². The van der Waals surface area contributed by atoms with Gasteiger partial charge in [0, 0.05) is 38.1 Å². The standard InChI is InChI=1S/C24H29NO6/c1-3-29-11-10-25-13-19(16-4-7-18(28-2)8-5-16)23(24(26)27)20(14-25)17-6-9-21-22(12-17)31-15-30-21/h4-9,12,19-20,23H,3,10-11,13-15H2,1-2H3,(H,26,27)/t19?,20?,23-/m0/s1. The number of rotatable bonds is 8. The van der Waals surface area contributed by atoms with E-state index < -0.39 is 11.9 Å². The SMILES string of the molecule is CCOCCN1CC(c2ccc(OC)cc2)[C@H](C(=O)O)C(c2ccc3c(c2)OCO3)C1. The Hall–Kier alpha value is -2.77. The molecule has 2 aromatic rings. The summed E-state index contributed by atoms with van der Waals surface area (Å²) in [6, 6.07) is 13.5. The molecular weight excluding hydrogens is 398 g/mol. The lowest BCUT2D eigenvalue weighted by Crippen LogP contribution is -2.47. The Labute approximate surface area is 182 Å². The van der Waals surface area contributed by atoms with Crippen molar-refractivity contribution < 1.29 is 28.8 Å². The summed E-state index contributed by atoms with van der Waals surface area (Å²) in [6.07, 6.45) is 0. The third-order valence-corrected chi connectivity index (χ3v) is 6.19. The van der Waals surface area contributed by atoms with Gasteiger partial charge in [0.25, 0.3) is 0 Å². The number of nitrogens with zero attached hydrogens (tertiary/aromatic N) is 1. The Morgan fingerprint density at radius 1 is 1.06 bits per heavy atom. The number of fused-ring (bicyclic) bond motifs is 1. The topological polar surface area (TPSA) is 77.5 Å². The lowest BCUT2D eigenvalue weighted by Gasteiger charge is -2.42. The quantitative estimate of drug-likeness (QED) is 0.648. The molecule has 166 valence electrons. The van der Waals surface area contributed by atoms with Crippen molar-refractivity contribution in [3.8, 4) is 17.2 Å². The first kappa shape index (κ1) is 21.5. The Morgan fingerprint density at radius 3 is 2.42 bits per heavy atom. The maximum absolute atomic E-state index is 12.5. The van der Waals surface area contributed by atoms with E-state index in [-0.39, 0.29) is 18.6 Å². The molecule has 0 bridgehead atoms. The van der Waals surface area contributed by atoms with Crippen LogP contribution in [0.15, 0.2) is 42.5 Å². The summed E-state index contributed by atoms with van der Waals surface area (Å²) in [4.78, 5) is 14.8. The molecule has 3 atom stereocenters. The zero-order chi connectivity index (χ0) is 21.8. The summed E-state index contributed by atoms with van der Waals surface area (Å²) in [5.74, 6) is 0.445. The van der Waals surface area contributed by atoms with Crippen molar-refractivity contribution in [1.29, 1.82) is 0 Å². The highest BCUT2D eigenvalue weighted by Gasteiger charge is 2.43. The van der Waals surface area contributed by atoms with Gasteiger partial charge in [-0.15, -0.1) is 0 Å². The van der Waals surface area contributed by atoms with Crippen LogP contribution in [-0.2, 0) is 9.53 Å². The number of benzene rings is 2. The van der Waals surface area contributed by atoms with Crippen molar-refractivity contribution in [2.45, 2.75) is 18.8 Å². The minimum absolute atomic E-state index is 0.158. The highest BCUT2D eigenvalue weighted by atomic mass is 16.7. The highest BCUT2D eigenvalue weighted by Crippen LogP contribution is 2.44. The molecule has 0 saturated carbocycles. The van der Waals surface area contributed by atoms with Crippen LogP contribution in [0, 0.1) is 5.92 Å². The molecule has 2 aliphatic rings. The van der Waals surface area contributed by atoms with Crippen LogP contribution in [0.5, 0.6) is 17.2 Å². The molecule has 1 saturated heterocycles. The Kier molecular flexibility index (Phi) is 6.63. The molecule has 0 aromatic heterocycles. The van der Waals surface area contributed by atoms with Gasteiger partial charge in [0.15, 0.2) is 11.5 Å². The summed E-state index contributed by atoms with van der Waals surface area (Å²) < 4.78 is 21.8.